The molecule has 0 aliphatic carbocycles. The van der Waals surface area contributed by atoms with Crippen LogP contribution in [-0.2, 0) is 0 Å². The third-order valence-electron chi connectivity index (χ3n) is 3.17. The van der Waals surface area contributed by atoms with Crippen molar-refractivity contribution < 1.29 is 0 Å². The van der Waals surface area contributed by atoms with Crippen molar-refractivity contribution in [1.82, 2.24) is 9.97 Å². The second-order valence-corrected chi connectivity index (χ2v) is 4.59. The monoisotopic (exact) mass is 206 g/mol. The Labute approximate surface area is 90.5 Å². The van der Waals surface area contributed by atoms with Gasteiger partial charge in [-0.15, -0.1) is 0 Å². The van der Waals surface area contributed by atoms with Gasteiger partial charge in [0.1, 0.15) is 5.82 Å². The van der Waals surface area contributed by atoms with Crippen molar-refractivity contribution >= 4 is 11.8 Å². The summed E-state index contributed by atoms with van der Waals surface area (Å²) in [6.07, 6.45) is 0. The van der Waals surface area contributed by atoms with Crippen molar-refractivity contribution in [3.63, 3.8) is 0 Å². The molecule has 0 bridgehead atoms. The largest absolute Gasteiger partial charge is 0.368 e. The van der Waals surface area contributed by atoms with E-state index in [4.69, 9.17) is 5.73 Å². The Morgan fingerprint density at radius 2 is 1.87 bits per heavy atom. The van der Waals surface area contributed by atoms with Gasteiger partial charge in [0.2, 0.25) is 5.95 Å². The van der Waals surface area contributed by atoms with Gasteiger partial charge in [0.15, 0.2) is 0 Å². The van der Waals surface area contributed by atoms with Gasteiger partial charge in [-0.1, -0.05) is 13.8 Å². The van der Waals surface area contributed by atoms with E-state index in [1.165, 1.54) is 0 Å². The number of aryl methyl sites for hydroxylation is 1. The zero-order valence-corrected chi connectivity index (χ0v) is 9.57. The summed E-state index contributed by atoms with van der Waals surface area (Å²) in [5.74, 6) is 2.79. The summed E-state index contributed by atoms with van der Waals surface area (Å²) < 4.78 is 0. The standard InChI is InChI=1S/C11H18N4/c1-7-5-15(6-8(7)2)10-4-9(3)13-11(12)14-10/h4,7-8H,5-6H2,1-3H3,(H2,12,13,14). The van der Waals surface area contributed by atoms with Crippen LogP contribution in [0, 0.1) is 18.8 Å². The molecule has 0 radical (unpaired) electrons. The van der Waals surface area contributed by atoms with Crippen molar-refractivity contribution in [2.45, 2.75) is 20.8 Å². The lowest BCUT2D eigenvalue weighted by Crippen LogP contribution is -2.21. The Hall–Kier alpha value is -1.32. The van der Waals surface area contributed by atoms with E-state index in [2.05, 4.69) is 28.7 Å². The maximum absolute atomic E-state index is 5.65. The van der Waals surface area contributed by atoms with E-state index in [1.807, 2.05) is 13.0 Å². The summed E-state index contributed by atoms with van der Waals surface area (Å²) in [6.45, 7) is 8.64. The third kappa shape index (κ3) is 2.03. The molecule has 0 aromatic carbocycles. The maximum Gasteiger partial charge on any atom is 0.222 e. The highest BCUT2D eigenvalue weighted by Crippen LogP contribution is 2.26. The van der Waals surface area contributed by atoms with Gasteiger partial charge in [-0.2, -0.15) is 4.98 Å². The summed E-state index contributed by atoms with van der Waals surface area (Å²) in [5.41, 5.74) is 6.58. The number of rotatable bonds is 1. The number of nitrogens with two attached hydrogens (primary N) is 1. The number of nitrogen functional groups attached to an aromatic ring is 1. The summed E-state index contributed by atoms with van der Waals surface area (Å²) in [7, 11) is 0. The van der Waals surface area contributed by atoms with Crippen molar-refractivity contribution in [2.75, 3.05) is 23.7 Å². The summed E-state index contributed by atoms with van der Waals surface area (Å²) in [6, 6.07) is 2.00. The minimum Gasteiger partial charge on any atom is -0.368 e. The van der Waals surface area contributed by atoms with Crippen molar-refractivity contribution in [3.8, 4) is 0 Å². The van der Waals surface area contributed by atoms with E-state index in [0.29, 0.717) is 5.95 Å². The average molecular weight is 206 g/mol. The van der Waals surface area contributed by atoms with Crippen LogP contribution in [0.1, 0.15) is 19.5 Å². The quantitative estimate of drug-likeness (QED) is 0.755. The van der Waals surface area contributed by atoms with E-state index < -0.39 is 0 Å². The molecule has 2 heterocycles. The molecule has 4 nitrogen and oxygen atoms in total. The Balaban J connectivity index is 2.23. The van der Waals surface area contributed by atoms with Gasteiger partial charge in [0.25, 0.3) is 0 Å². The fraction of sp³-hybridized carbons (Fsp3) is 0.636. The van der Waals surface area contributed by atoms with E-state index >= 15 is 0 Å². The van der Waals surface area contributed by atoms with Crippen LogP contribution in [-0.4, -0.2) is 23.1 Å². The van der Waals surface area contributed by atoms with Crippen molar-refractivity contribution in [1.29, 1.82) is 0 Å². The third-order valence-corrected chi connectivity index (χ3v) is 3.17. The van der Waals surface area contributed by atoms with Gasteiger partial charge in [-0.05, 0) is 18.8 Å². The van der Waals surface area contributed by atoms with Crippen molar-refractivity contribution in [2.24, 2.45) is 11.8 Å². The average Bonchev–Trinajstić information content (AvgIpc) is 2.45. The molecule has 15 heavy (non-hydrogen) atoms. The molecule has 2 atom stereocenters. The predicted octanol–water partition coefficient (Wildman–Crippen LogP) is 1.46. The molecular formula is C11H18N4. The first-order chi connectivity index (χ1) is 7.06. The molecule has 0 amide bonds. The van der Waals surface area contributed by atoms with Crippen LogP contribution in [0.5, 0.6) is 0 Å². The van der Waals surface area contributed by atoms with Crippen LogP contribution in [0.25, 0.3) is 0 Å². The molecule has 0 saturated carbocycles. The van der Waals surface area contributed by atoms with E-state index in [1.54, 1.807) is 0 Å². The molecule has 2 N–H and O–H groups in total. The number of aromatic nitrogens is 2. The first-order valence-electron chi connectivity index (χ1n) is 5.42. The maximum atomic E-state index is 5.65. The molecule has 1 aliphatic rings. The highest BCUT2D eigenvalue weighted by molar-refractivity contribution is 5.44. The van der Waals surface area contributed by atoms with E-state index in [-0.39, 0.29) is 0 Å². The van der Waals surface area contributed by atoms with Crippen LogP contribution in [0.3, 0.4) is 0 Å². The Morgan fingerprint density at radius 3 is 2.40 bits per heavy atom. The Bertz CT molecular complexity index is 333. The number of anilines is 2. The minimum atomic E-state index is 0.372. The fourth-order valence-corrected chi connectivity index (χ4v) is 2.05. The van der Waals surface area contributed by atoms with Crippen LogP contribution in [0.15, 0.2) is 6.07 Å². The van der Waals surface area contributed by atoms with Gasteiger partial charge in [0, 0.05) is 24.8 Å². The molecule has 1 aliphatic heterocycles. The molecule has 2 rings (SSSR count). The summed E-state index contributed by atoms with van der Waals surface area (Å²) in [5, 5.41) is 0. The SMILES string of the molecule is Cc1cc(N2CC(C)C(C)C2)nc(N)n1. The summed E-state index contributed by atoms with van der Waals surface area (Å²) in [4.78, 5) is 10.7. The van der Waals surface area contributed by atoms with Gasteiger partial charge in [0.05, 0.1) is 0 Å². The lowest BCUT2D eigenvalue weighted by atomic mass is 10.0. The van der Waals surface area contributed by atoms with E-state index in [0.717, 1.165) is 36.4 Å². The molecule has 1 aromatic heterocycles. The number of nitrogens with zero attached hydrogens (tertiary/aromatic N) is 3. The minimum absolute atomic E-state index is 0.372. The van der Waals surface area contributed by atoms with Crippen LogP contribution in [0.4, 0.5) is 11.8 Å². The van der Waals surface area contributed by atoms with Crippen LogP contribution in [0.2, 0.25) is 0 Å². The molecule has 2 unspecified atom stereocenters. The van der Waals surface area contributed by atoms with Gasteiger partial charge >= 0.3 is 0 Å². The lowest BCUT2D eigenvalue weighted by molar-refractivity contribution is 0.494. The predicted molar refractivity (Wildman–Crippen MR) is 61.7 cm³/mol. The van der Waals surface area contributed by atoms with Crippen molar-refractivity contribution in [3.05, 3.63) is 11.8 Å². The Kier molecular flexibility index (Phi) is 2.50. The fourth-order valence-electron chi connectivity index (χ4n) is 2.05. The highest BCUT2D eigenvalue weighted by Gasteiger charge is 2.27. The topological polar surface area (TPSA) is 55.0 Å². The van der Waals surface area contributed by atoms with Crippen LogP contribution < -0.4 is 10.6 Å². The molecule has 82 valence electrons. The van der Waals surface area contributed by atoms with Gasteiger partial charge < -0.3 is 10.6 Å². The molecule has 1 saturated heterocycles. The first kappa shape index (κ1) is 10.2. The number of hydrogen-bond acceptors (Lipinski definition) is 4. The zero-order valence-electron chi connectivity index (χ0n) is 9.57. The van der Waals surface area contributed by atoms with Crippen LogP contribution >= 0.6 is 0 Å². The summed E-state index contributed by atoms with van der Waals surface area (Å²) >= 11 is 0. The molecule has 4 heteroatoms. The lowest BCUT2D eigenvalue weighted by Gasteiger charge is -2.17. The number of hydrogen-bond donors (Lipinski definition) is 1. The first-order valence-corrected chi connectivity index (χ1v) is 5.42. The van der Waals surface area contributed by atoms with Gasteiger partial charge in [-0.3, -0.25) is 0 Å². The normalized spacial score (nSPS) is 25.9. The molecule has 1 fully saturated rings. The van der Waals surface area contributed by atoms with E-state index in [9.17, 15) is 0 Å². The zero-order chi connectivity index (χ0) is 11.0. The smallest absolute Gasteiger partial charge is 0.222 e. The molecule has 1 aromatic rings. The molecular weight excluding hydrogens is 188 g/mol. The second kappa shape index (κ2) is 3.68. The molecule has 0 spiro atoms. The van der Waals surface area contributed by atoms with Gasteiger partial charge in [-0.25, -0.2) is 4.98 Å². The highest BCUT2D eigenvalue weighted by atomic mass is 15.2. The second-order valence-electron chi connectivity index (χ2n) is 4.59. The Morgan fingerprint density at radius 1 is 1.27 bits per heavy atom.